The number of nitrogens with zero attached hydrogens (tertiary/aromatic N) is 3. The second-order valence-electron chi connectivity index (χ2n) is 6.65. The van der Waals surface area contributed by atoms with Gasteiger partial charge in [-0.05, 0) is 37.6 Å². The molecule has 144 valence electrons. The van der Waals surface area contributed by atoms with Gasteiger partial charge in [0.1, 0.15) is 5.69 Å². The summed E-state index contributed by atoms with van der Waals surface area (Å²) < 4.78 is 6.24. The van der Waals surface area contributed by atoms with Crippen molar-refractivity contribution in [2.75, 3.05) is 33.4 Å². The van der Waals surface area contributed by atoms with Gasteiger partial charge < -0.3 is 10.1 Å². The first kappa shape index (κ1) is 19.3. The lowest BCUT2D eigenvalue weighted by Gasteiger charge is -2.28. The zero-order valence-electron chi connectivity index (χ0n) is 15.6. The van der Waals surface area contributed by atoms with Crippen molar-refractivity contribution < 1.29 is 9.53 Å². The molecule has 2 heterocycles. The normalized spacial score (nSPS) is 15.6. The minimum atomic E-state index is -0.277. The molecule has 7 heteroatoms. The predicted octanol–water partition coefficient (Wildman–Crippen LogP) is 1.46. The van der Waals surface area contributed by atoms with Crippen LogP contribution in [0.5, 0.6) is 0 Å². The van der Waals surface area contributed by atoms with E-state index in [0.29, 0.717) is 19.7 Å². The van der Waals surface area contributed by atoms with Crippen LogP contribution in [0.4, 0.5) is 0 Å². The highest BCUT2D eigenvalue weighted by Crippen LogP contribution is 2.24. The van der Waals surface area contributed by atoms with Gasteiger partial charge in [0.25, 0.3) is 11.5 Å². The molecule has 1 atom stereocenters. The summed E-state index contributed by atoms with van der Waals surface area (Å²) in [5.74, 6) is -0.277. The van der Waals surface area contributed by atoms with Crippen LogP contribution >= 0.6 is 0 Å². The molecule has 27 heavy (non-hydrogen) atoms. The number of carbonyl (C=O) groups excluding carboxylic acids is 1. The Kier molecular flexibility index (Phi) is 6.73. The summed E-state index contributed by atoms with van der Waals surface area (Å²) in [6, 6.07) is 13.2. The highest BCUT2D eigenvalue weighted by Gasteiger charge is 2.24. The number of likely N-dealkylation sites (tertiary alicyclic amines) is 1. The first-order chi connectivity index (χ1) is 13.2. The molecule has 1 amide bonds. The first-order valence-corrected chi connectivity index (χ1v) is 9.33. The smallest absolute Gasteiger partial charge is 0.271 e. The lowest BCUT2D eigenvalue weighted by atomic mass is 10.1. The van der Waals surface area contributed by atoms with E-state index in [4.69, 9.17) is 4.74 Å². The van der Waals surface area contributed by atoms with E-state index in [2.05, 4.69) is 27.4 Å². The number of nitrogens with one attached hydrogen (secondary N) is 1. The van der Waals surface area contributed by atoms with Gasteiger partial charge in [-0.1, -0.05) is 30.3 Å². The van der Waals surface area contributed by atoms with E-state index in [-0.39, 0.29) is 23.2 Å². The van der Waals surface area contributed by atoms with E-state index in [1.54, 1.807) is 7.11 Å². The van der Waals surface area contributed by atoms with Gasteiger partial charge >= 0.3 is 0 Å². The number of carbonyl (C=O) groups is 1. The SMILES string of the molecule is COCCn1nc(C(=O)NC[C@@H](c2ccccc2)N2CCCC2)ccc1=O. The van der Waals surface area contributed by atoms with Crippen LogP contribution < -0.4 is 10.9 Å². The van der Waals surface area contributed by atoms with Crippen molar-refractivity contribution in [1.29, 1.82) is 0 Å². The molecule has 0 spiro atoms. The first-order valence-electron chi connectivity index (χ1n) is 9.33. The second-order valence-corrected chi connectivity index (χ2v) is 6.65. The molecule has 0 bridgehead atoms. The summed E-state index contributed by atoms with van der Waals surface area (Å²) in [7, 11) is 1.56. The number of aromatic nitrogens is 2. The van der Waals surface area contributed by atoms with Gasteiger partial charge in [-0.15, -0.1) is 0 Å². The third-order valence-electron chi connectivity index (χ3n) is 4.83. The van der Waals surface area contributed by atoms with Crippen LogP contribution in [-0.4, -0.2) is 53.9 Å². The molecule has 7 nitrogen and oxygen atoms in total. The molecule has 0 radical (unpaired) electrons. The van der Waals surface area contributed by atoms with Gasteiger partial charge in [-0.25, -0.2) is 4.68 Å². The van der Waals surface area contributed by atoms with Crippen molar-refractivity contribution in [3.8, 4) is 0 Å². The van der Waals surface area contributed by atoms with Crippen LogP contribution in [0.25, 0.3) is 0 Å². The largest absolute Gasteiger partial charge is 0.383 e. The highest BCUT2D eigenvalue weighted by atomic mass is 16.5. The van der Waals surface area contributed by atoms with Crippen LogP contribution in [0, 0.1) is 0 Å². The van der Waals surface area contributed by atoms with Crippen LogP contribution in [0.1, 0.15) is 34.9 Å². The van der Waals surface area contributed by atoms with Crippen LogP contribution in [0.2, 0.25) is 0 Å². The van der Waals surface area contributed by atoms with Crippen molar-refractivity contribution in [2.45, 2.75) is 25.4 Å². The summed E-state index contributed by atoms with van der Waals surface area (Å²) in [5, 5.41) is 7.14. The molecule has 1 aliphatic rings. The fraction of sp³-hybridized carbons (Fsp3) is 0.450. The van der Waals surface area contributed by atoms with E-state index in [0.717, 1.165) is 13.1 Å². The highest BCUT2D eigenvalue weighted by molar-refractivity contribution is 5.92. The number of rotatable bonds is 8. The molecule has 1 N–H and O–H groups in total. The maximum absolute atomic E-state index is 12.6. The molecule has 0 unspecified atom stereocenters. The second kappa shape index (κ2) is 9.43. The van der Waals surface area contributed by atoms with Crippen LogP contribution in [0.3, 0.4) is 0 Å². The summed E-state index contributed by atoms with van der Waals surface area (Å²) in [4.78, 5) is 26.8. The Morgan fingerprint density at radius 1 is 1.19 bits per heavy atom. The van der Waals surface area contributed by atoms with Crippen LogP contribution in [-0.2, 0) is 11.3 Å². The molecular formula is C20H26N4O3. The third kappa shape index (κ3) is 5.02. The summed E-state index contributed by atoms with van der Waals surface area (Å²) in [6.07, 6.45) is 2.37. The van der Waals surface area contributed by atoms with Crippen LogP contribution in [0.15, 0.2) is 47.3 Å². The van der Waals surface area contributed by atoms with Gasteiger partial charge in [0.15, 0.2) is 0 Å². The lowest BCUT2D eigenvalue weighted by molar-refractivity contribution is 0.0929. The molecule has 1 aromatic carbocycles. The van der Waals surface area contributed by atoms with E-state index < -0.39 is 0 Å². The Hall–Kier alpha value is -2.51. The minimum Gasteiger partial charge on any atom is -0.383 e. The van der Waals surface area contributed by atoms with E-state index in [1.807, 2.05) is 18.2 Å². The number of ether oxygens (including phenoxy) is 1. The maximum Gasteiger partial charge on any atom is 0.271 e. The molecule has 1 saturated heterocycles. The van der Waals surface area contributed by atoms with E-state index in [1.165, 1.54) is 35.2 Å². The Labute approximate surface area is 158 Å². The molecule has 0 aliphatic carbocycles. The molecule has 0 saturated carbocycles. The number of benzene rings is 1. The van der Waals surface area contributed by atoms with Crippen molar-refractivity contribution >= 4 is 5.91 Å². The van der Waals surface area contributed by atoms with Gasteiger partial charge in [-0.2, -0.15) is 5.10 Å². The van der Waals surface area contributed by atoms with Crippen molar-refractivity contribution in [1.82, 2.24) is 20.0 Å². The summed E-state index contributed by atoms with van der Waals surface area (Å²) in [6.45, 7) is 3.26. The van der Waals surface area contributed by atoms with Crippen molar-refractivity contribution in [2.24, 2.45) is 0 Å². The molecule has 1 aromatic heterocycles. The van der Waals surface area contributed by atoms with Gasteiger partial charge in [0, 0.05) is 19.7 Å². The Morgan fingerprint density at radius 2 is 1.93 bits per heavy atom. The van der Waals surface area contributed by atoms with Gasteiger partial charge in [0.2, 0.25) is 0 Å². The monoisotopic (exact) mass is 370 g/mol. The molecule has 1 fully saturated rings. The quantitative estimate of drug-likeness (QED) is 0.761. The number of methoxy groups -OCH3 is 1. The Morgan fingerprint density at radius 3 is 2.63 bits per heavy atom. The zero-order valence-corrected chi connectivity index (χ0v) is 15.6. The third-order valence-corrected chi connectivity index (χ3v) is 4.83. The number of amides is 1. The van der Waals surface area contributed by atoms with Gasteiger partial charge in [-0.3, -0.25) is 14.5 Å². The fourth-order valence-electron chi connectivity index (χ4n) is 3.37. The minimum absolute atomic E-state index is 0.136. The number of hydrogen-bond acceptors (Lipinski definition) is 5. The van der Waals surface area contributed by atoms with Crippen molar-refractivity contribution in [3.63, 3.8) is 0 Å². The average molecular weight is 370 g/mol. The number of hydrogen-bond donors (Lipinski definition) is 1. The van der Waals surface area contributed by atoms with E-state index >= 15 is 0 Å². The van der Waals surface area contributed by atoms with Gasteiger partial charge in [0.05, 0.1) is 19.2 Å². The standard InChI is InChI=1S/C20H26N4O3/c1-27-14-13-24-19(25)10-9-17(22-24)20(26)21-15-18(23-11-5-6-12-23)16-7-3-2-4-8-16/h2-4,7-10,18H,5-6,11-15H2,1H3,(H,21,26)/t18-/m0/s1. The molecular weight excluding hydrogens is 344 g/mol. The fourth-order valence-corrected chi connectivity index (χ4v) is 3.37. The molecule has 2 aromatic rings. The topological polar surface area (TPSA) is 76.5 Å². The summed E-state index contributed by atoms with van der Waals surface area (Å²) in [5.41, 5.74) is 1.18. The van der Waals surface area contributed by atoms with E-state index in [9.17, 15) is 9.59 Å². The molecule has 3 rings (SSSR count). The zero-order chi connectivity index (χ0) is 19.1. The maximum atomic E-state index is 12.6. The predicted molar refractivity (Wildman–Crippen MR) is 103 cm³/mol. The molecule has 1 aliphatic heterocycles. The summed E-state index contributed by atoms with van der Waals surface area (Å²) >= 11 is 0. The van der Waals surface area contributed by atoms with Crippen molar-refractivity contribution in [3.05, 3.63) is 64.1 Å². The average Bonchev–Trinajstić information content (AvgIpc) is 3.22. The lowest BCUT2D eigenvalue weighted by Crippen LogP contribution is -2.38. The Bertz CT molecular complexity index is 800. The Balaban J connectivity index is 1.70.